The highest BCUT2D eigenvalue weighted by molar-refractivity contribution is 6.62. The van der Waals surface area contributed by atoms with Gasteiger partial charge in [0.15, 0.2) is 0 Å². The van der Waals surface area contributed by atoms with Crippen molar-refractivity contribution < 1.29 is 22.5 Å². The lowest BCUT2D eigenvalue weighted by Gasteiger charge is -2.32. The smallest absolute Gasteiger partial charge is 0.399 e. The lowest BCUT2D eigenvalue weighted by atomic mass is 9.77. The predicted octanol–water partition coefficient (Wildman–Crippen LogP) is 3.22. The van der Waals surface area contributed by atoms with Gasteiger partial charge in [0.1, 0.15) is 17.3 Å². The van der Waals surface area contributed by atoms with Gasteiger partial charge in [-0.05, 0) is 58.2 Å². The van der Waals surface area contributed by atoms with E-state index in [-0.39, 0.29) is 11.0 Å². The average molecular weight is 298 g/mol. The van der Waals surface area contributed by atoms with E-state index in [1.54, 1.807) is 27.7 Å². The summed E-state index contributed by atoms with van der Waals surface area (Å²) in [4.78, 5) is 0. The van der Waals surface area contributed by atoms with Gasteiger partial charge in [-0.2, -0.15) is 0 Å². The SMILES string of the molecule is CC1(C)OB(c2c(F)cc(C3(F)CC3)cc2F)OC1(C)C. The summed E-state index contributed by atoms with van der Waals surface area (Å²) in [7, 11) is -1.13. The first-order valence-electron chi connectivity index (χ1n) is 7.10. The van der Waals surface area contributed by atoms with E-state index in [1.807, 2.05) is 0 Å². The molecule has 0 N–H and O–H groups in total. The van der Waals surface area contributed by atoms with Crippen LogP contribution in [0.3, 0.4) is 0 Å². The second kappa shape index (κ2) is 4.26. The Kier molecular flexibility index (Phi) is 3.03. The Balaban J connectivity index is 1.97. The van der Waals surface area contributed by atoms with Crippen LogP contribution in [0.25, 0.3) is 0 Å². The summed E-state index contributed by atoms with van der Waals surface area (Å²) in [5.74, 6) is -1.65. The molecule has 1 saturated carbocycles. The van der Waals surface area contributed by atoms with Crippen LogP contribution >= 0.6 is 0 Å². The Hall–Kier alpha value is -1.01. The third kappa shape index (κ3) is 2.29. The summed E-state index contributed by atoms with van der Waals surface area (Å²) in [6, 6.07) is 2.10. The first-order valence-corrected chi connectivity index (χ1v) is 7.10. The fourth-order valence-corrected chi connectivity index (χ4v) is 2.43. The zero-order valence-electron chi connectivity index (χ0n) is 12.6. The number of halogens is 3. The molecule has 2 fully saturated rings. The van der Waals surface area contributed by atoms with Gasteiger partial charge in [-0.25, -0.2) is 13.2 Å². The first-order chi connectivity index (χ1) is 9.56. The third-order valence-corrected chi connectivity index (χ3v) is 4.77. The van der Waals surface area contributed by atoms with Gasteiger partial charge in [0.05, 0.1) is 16.7 Å². The normalized spacial score (nSPS) is 25.2. The third-order valence-electron chi connectivity index (χ3n) is 4.77. The van der Waals surface area contributed by atoms with E-state index in [0.717, 1.165) is 12.1 Å². The van der Waals surface area contributed by atoms with Gasteiger partial charge in [0.2, 0.25) is 0 Å². The molecule has 0 spiro atoms. The molecule has 6 heteroatoms. The van der Waals surface area contributed by atoms with Crippen molar-refractivity contribution >= 4 is 12.6 Å². The highest BCUT2D eigenvalue weighted by Gasteiger charge is 2.54. The summed E-state index contributed by atoms with van der Waals surface area (Å²) in [5, 5.41) is 0. The minimum absolute atomic E-state index is 0.0535. The summed E-state index contributed by atoms with van der Waals surface area (Å²) >= 11 is 0. The Bertz CT molecular complexity index is 558. The number of benzene rings is 1. The van der Waals surface area contributed by atoms with Crippen molar-refractivity contribution in [2.24, 2.45) is 0 Å². The van der Waals surface area contributed by atoms with Gasteiger partial charge >= 0.3 is 7.12 Å². The Morgan fingerprint density at radius 1 is 0.952 bits per heavy atom. The minimum Gasteiger partial charge on any atom is -0.399 e. The topological polar surface area (TPSA) is 18.5 Å². The van der Waals surface area contributed by atoms with Crippen LogP contribution in [0.2, 0.25) is 0 Å². The summed E-state index contributed by atoms with van der Waals surface area (Å²) < 4.78 is 53.8. The second-order valence-corrected chi connectivity index (χ2v) is 6.91. The molecule has 0 amide bonds. The van der Waals surface area contributed by atoms with Crippen molar-refractivity contribution in [3.8, 4) is 0 Å². The molecular formula is C15H18BF3O2. The van der Waals surface area contributed by atoms with Crippen molar-refractivity contribution in [3.05, 3.63) is 29.3 Å². The molecule has 1 aromatic rings. The van der Waals surface area contributed by atoms with Gasteiger partial charge in [0, 0.05) is 0 Å². The molecule has 1 aliphatic carbocycles. The average Bonchev–Trinajstić information content (AvgIpc) is 3.01. The number of alkyl halides is 1. The number of hydrogen-bond donors (Lipinski definition) is 0. The monoisotopic (exact) mass is 298 g/mol. The summed E-state index contributed by atoms with van der Waals surface area (Å²) in [6.07, 6.45) is 0.615. The number of rotatable bonds is 2. The standard InChI is InChI=1S/C15H18BF3O2/c1-13(2)14(3,4)21-16(20-13)12-10(17)7-9(8-11(12)18)15(19)5-6-15/h7-8H,5-6H2,1-4H3. The van der Waals surface area contributed by atoms with Crippen LogP contribution < -0.4 is 5.46 Å². The van der Waals surface area contributed by atoms with E-state index in [0.29, 0.717) is 12.8 Å². The largest absolute Gasteiger partial charge is 0.500 e. The highest BCUT2D eigenvalue weighted by atomic mass is 19.1. The molecule has 0 unspecified atom stereocenters. The maximum absolute atomic E-state index is 14.3. The molecule has 2 aliphatic rings. The molecule has 0 atom stereocenters. The molecule has 114 valence electrons. The fourth-order valence-electron chi connectivity index (χ4n) is 2.43. The molecule has 1 aromatic carbocycles. The lowest BCUT2D eigenvalue weighted by molar-refractivity contribution is 0.00578. The van der Waals surface area contributed by atoms with Crippen molar-refractivity contribution in [2.45, 2.75) is 57.4 Å². The van der Waals surface area contributed by atoms with Gasteiger partial charge in [0.25, 0.3) is 0 Å². The molecule has 0 bridgehead atoms. The number of hydrogen-bond acceptors (Lipinski definition) is 2. The molecule has 1 saturated heterocycles. The van der Waals surface area contributed by atoms with E-state index in [2.05, 4.69) is 0 Å². The van der Waals surface area contributed by atoms with Crippen LogP contribution in [-0.2, 0) is 15.0 Å². The van der Waals surface area contributed by atoms with Crippen LogP contribution in [-0.4, -0.2) is 18.3 Å². The summed E-state index contributed by atoms with van der Waals surface area (Å²) in [5.41, 5.74) is -3.18. The lowest BCUT2D eigenvalue weighted by Crippen LogP contribution is -2.41. The molecule has 0 aromatic heterocycles. The zero-order chi connectivity index (χ0) is 15.6. The first kappa shape index (κ1) is 14.9. The predicted molar refractivity (Wildman–Crippen MR) is 74.1 cm³/mol. The quantitative estimate of drug-likeness (QED) is 0.781. The minimum atomic E-state index is -1.57. The molecule has 2 nitrogen and oxygen atoms in total. The molecular weight excluding hydrogens is 280 g/mol. The Labute approximate surface area is 122 Å². The molecule has 1 heterocycles. The van der Waals surface area contributed by atoms with Crippen molar-refractivity contribution in [1.82, 2.24) is 0 Å². The van der Waals surface area contributed by atoms with Crippen molar-refractivity contribution in [1.29, 1.82) is 0 Å². The Morgan fingerprint density at radius 2 is 1.38 bits per heavy atom. The van der Waals surface area contributed by atoms with E-state index in [1.165, 1.54) is 0 Å². The molecule has 1 aliphatic heterocycles. The highest BCUT2D eigenvalue weighted by Crippen LogP contribution is 2.49. The van der Waals surface area contributed by atoms with E-state index >= 15 is 0 Å². The molecule has 0 radical (unpaired) electrons. The second-order valence-electron chi connectivity index (χ2n) is 6.91. The maximum atomic E-state index is 14.3. The van der Waals surface area contributed by atoms with Crippen LogP contribution in [0.15, 0.2) is 12.1 Å². The van der Waals surface area contributed by atoms with Gasteiger partial charge in [-0.1, -0.05) is 0 Å². The van der Waals surface area contributed by atoms with E-state index in [4.69, 9.17) is 9.31 Å². The molecule has 21 heavy (non-hydrogen) atoms. The van der Waals surface area contributed by atoms with Gasteiger partial charge in [-0.3, -0.25) is 0 Å². The van der Waals surface area contributed by atoms with Crippen LogP contribution in [0.5, 0.6) is 0 Å². The van der Waals surface area contributed by atoms with E-state index in [9.17, 15) is 13.2 Å². The van der Waals surface area contributed by atoms with Crippen LogP contribution in [0.1, 0.15) is 46.1 Å². The van der Waals surface area contributed by atoms with Crippen molar-refractivity contribution in [2.75, 3.05) is 0 Å². The maximum Gasteiger partial charge on any atom is 0.500 e. The van der Waals surface area contributed by atoms with Gasteiger partial charge < -0.3 is 9.31 Å². The van der Waals surface area contributed by atoms with Gasteiger partial charge in [-0.15, -0.1) is 0 Å². The van der Waals surface area contributed by atoms with E-state index < -0.39 is 35.6 Å². The van der Waals surface area contributed by atoms with Crippen LogP contribution in [0.4, 0.5) is 13.2 Å². The summed E-state index contributed by atoms with van der Waals surface area (Å²) in [6.45, 7) is 7.21. The molecule has 3 rings (SSSR count). The Morgan fingerprint density at radius 3 is 1.76 bits per heavy atom. The van der Waals surface area contributed by atoms with Crippen LogP contribution in [0, 0.1) is 11.6 Å². The zero-order valence-corrected chi connectivity index (χ0v) is 12.6. The van der Waals surface area contributed by atoms with Crippen molar-refractivity contribution in [3.63, 3.8) is 0 Å². The fraction of sp³-hybridized carbons (Fsp3) is 0.600.